The van der Waals surface area contributed by atoms with Crippen molar-refractivity contribution in [3.63, 3.8) is 0 Å². The second-order valence-electron chi connectivity index (χ2n) is 5.60. The lowest BCUT2D eigenvalue weighted by molar-refractivity contribution is -0.141. The van der Waals surface area contributed by atoms with Crippen molar-refractivity contribution in [1.82, 2.24) is 15.0 Å². The summed E-state index contributed by atoms with van der Waals surface area (Å²) in [7, 11) is 0. The van der Waals surface area contributed by atoms with Gasteiger partial charge in [-0.05, 0) is 25.3 Å². The normalized spacial score (nSPS) is 19.2. The zero-order valence-electron chi connectivity index (χ0n) is 11.9. The topological polar surface area (TPSA) is 79.5 Å². The third-order valence-electron chi connectivity index (χ3n) is 3.44. The minimum absolute atomic E-state index is 0. The van der Waals surface area contributed by atoms with Gasteiger partial charge in [0, 0.05) is 13.0 Å². The predicted octanol–water partition coefficient (Wildman–Crippen LogP) is 1.99. The van der Waals surface area contributed by atoms with Gasteiger partial charge in [-0.25, -0.2) is 0 Å². The van der Waals surface area contributed by atoms with Gasteiger partial charge < -0.3 is 9.63 Å². The Labute approximate surface area is 124 Å². The highest BCUT2D eigenvalue weighted by Crippen LogP contribution is 2.18. The van der Waals surface area contributed by atoms with Crippen molar-refractivity contribution in [2.75, 3.05) is 13.1 Å². The average Bonchev–Trinajstić information content (AvgIpc) is 2.96. The number of aryl methyl sites for hydroxylation is 1. The fourth-order valence-electron chi connectivity index (χ4n) is 2.24. The van der Waals surface area contributed by atoms with Gasteiger partial charge in [-0.3, -0.25) is 9.69 Å². The summed E-state index contributed by atoms with van der Waals surface area (Å²) in [6.07, 6.45) is 2.58. The molecular weight excluding hydrogens is 282 g/mol. The van der Waals surface area contributed by atoms with Crippen molar-refractivity contribution in [3.8, 4) is 0 Å². The molecule has 1 unspecified atom stereocenters. The van der Waals surface area contributed by atoms with Crippen LogP contribution in [0.5, 0.6) is 0 Å². The molecule has 6 nitrogen and oxygen atoms in total. The van der Waals surface area contributed by atoms with Gasteiger partial charge in [0.1, 0.15) is 0 Å². The van der Waals surface area contributed by atoms with E-state index in [0.29, 0.717) is 31.3 Å². The first-order valence-electron chi connectivity index (χ1n) is 6.81. The molecule has 7 heteroatoms. The van der Waals surface area contributed by atoms with Gasteiger partial charge >= 0.3 is 5.97 Å². The van der Waals surface area contributed by atoms with Crippen LogP contribution in [-0.2, 0) is 17.8 Å². The standard InChI is InChI=1S/C13H21N3O3.ClH/c1-9(2)3-4-11-14-12(19-15-11)8-16-6-5-10(7-16)13(17)18;/h9-10H,3-8H2,1-2H3,(H,17,18);1H. The Hall–Kier alpha value is -1.14. The summed E-state index contributed by atoms with van der Waals surface area (Å²) in [5.74, 6) is 0.980. The summed E-state index contributed by atoms with van der Waals surface area (Å²) in [4.78, 5) is 17.3. The van der Waals surface area contributed by atoms with E-state index >= 15 is 0 Å². The van der Waals surface area contributed by atoms with Crippen LogP contribution in [0.4, 0.5) is 0 Å². The van der Waals surface area contributed by atoms with Crippen molar-refractivity contribution in [2.24, 2.45) is 11.8 Å². The van der Waals surface area contributed by atoms with E-state index < -0.39 is 5.97 Å². The van der Waals surface area contributed by atoms with Gasteiger partial charge in [0.15, 0.2) is 5.82 Å². The molecule has 20 heavy (non-hydrogen) atoms. The Morgan fingerprint density at radius 3 is 2.90 bits per heavy atom. The minimum Gasteiger partial charge on any atom is -0.481 e. The first kappa shape index (κ1) is 16.9. The Kier molecular flexibility index (Phi) is 6.42. The number of halogens is 1. The van der Waals surface area contributed by atoms with Gasteiger partial charge in [-0.2, -0.15) is 4.98 Å². The summed E-state index contributed by atoms with van der Waals surface area (Å²) in [6.45, 7) is 6.23. The monoisotopic (exact) mass is 303 g/mol. The fraction of sp³-hybridized carbons (Fsp3) is 0.769. The van der Waals surface area contributed by atoms with Crippen molar-refractivity contribution in [1.29, 1.82) is 0 Å². The predicted molar refractivity (Wildman–Crippen MR) is 75.7 cm³/mol. The van der Waals surface area contributed by atoms with Crippen molar-refractivity contribution >= 4 is 18.4 Å². The fourth-order valence-corrected chi connectivity index (χ4v) is 2.24. The Morgan fingerprint density at radius 1 is 1.55 bits per heavy atom. The molecule has 2 heterocycles. The molecule has 1 aliphatic rings. The highest BCUT2D eigenvalue weighted by Gasteiger charge is 2.28. The second kappa shape index (κ2) is 7.59. The maximum Gasteiger partial charge on any atom is 0.307 e. The zero-order chi connectivity index (χ0) is 13.8. The summed E-state index contributed by atoms with van der Waals surface area (Å²) < 4.78 is 5.20. The van der Waals surface area contributed by atoms with Crippen molar-refractivity contribution < 1.29 is 14.4 Å². The van der Waals surface area contributed by atoms with Crippen LogP contribution in [0.25, 0.3) is 0 Å². The van der Waals surface area contributed by atoms with E-state index in [9.17, 15) is 4.79 Å². The van der Waals surface area contributed by atoms with Crippen molar-refractivity contribution in [3.05, 3.63) is 11.7 Å². The molecule has 1 aromatic rings. The summed E-state index contributed by atoms with van der Waals surface area (Å²) in [5, 5.41) is 12.9. The van der Waals surface area contributed by atoms with Crippen LogP contribution in [0.1, 0.15) is 38.4 Å². The number of hydrogen-bond acceptors (Lipinski definition) is 5. The lowest BCUT2D eigenvalue weighted by atomic mass is 10.1. The Morgan fingerprint density at radius 2 is 2.30 bits per heavy atom. The molecule has 1 atom stereocenters. The first-order chi connectivity index (χ1) is 9.04. The van der Waals surface area contributed by atoms with E-state index in [0.717, 1.165) is 25.2 Å². The Balaban J connectivity index is 0.00000200. The van der Waals surface area contributed by atoms with E-state index in [-0.39, 0.29) is 18.3 Å². The molecule has 2 rings (SSSR count). The quantitative estimate of drug-likeness (QED) is 0.865. The van der Waals surface area contributed by atoms with Crippen LogP contribution in [0.15, 0.2) is 4.52 Å². The highest BCUT2D eigenvalue weighted by molar-refractivity contribution is 5.85. The van der Waals surface area contributed by atoms with E-state index in [1.54, 1.807) is 0 Å². The minimum atomic E-state index is -0.717. The number of carboxylic acid groups (broad SMARTS) is 1. The zero-order valence-corrected chi connectivity index (χ0v) is 12.7. The van der Waals surface area contributed by atoms with Crippen LogP contribution in [-0.4, -0.2) is 39.2 Å². The third-order valence-corrected chi connectivity index (χ3v) is 3.44. The van der Waals surface area contributed by atoms with Gasteiger partial charge in [-0.1, -0.05) is 19.0 Å². The summed E-state index contributed by atoms with van der Waals surface area (Å²) in [5.41, 5.74) is 0. The molecule has 114 valence electrons. The summed E-state index contributed by atoms with van der Waals surface area (Å²) in [6, 6.07) is 0. The molecule has 1 N–H and O–H groups in total. The number of carboxylic acids is 1. The van der Waals surface area contributed by atoms with Crippen molar-refractivity contribution in [2.45, 2.75) is 39.7 Å². The first-order valence-corrected chi connectivity index (χ1v) is 6.81. The SMILES string of the molecule is CC(C)CCc1noc(CN2CCC(C(=O)O)C2)n1.Cl. The molecule has 1 aliphatic heterocycles. The van der Waals surface area contributed by atoms with Crippen LogP contribution in [0, 0.1) is 11.8 Å². The summed E-state index contributed by atoms with van der Waals surface area (Å²) >= 11 is 0. The smallest absolute Gasteiger partial charge is 0.307 e. The van der Waals surface area contributed by atoms with E-state index in [1.165, 1.54) is 0 Å². The number of carbonyl (C=O) groups is 1. The van der Waals surface area contributed by atoms with E-state index in [1.807, 2.05) is 0 Å². The number of aromatic nitrogens is 2. The number of likely N-dealkylation sites (tertiary alicyclic amines) is 1. The van der Waals surface area contributed by atoms with Crippen LogP contribution >= 0.6 is 12.4 Å². The van der Waals surface area contributed by atoms with Crippen LogP contribution in [0.2, 0.25) is 0 Å². The molecule has 0 bridgehead atoms. The van der Waals surface area contributed by atoms with Gasteiger partial charge in [0.25, 0.3) is 0 Å². The van der Waals surface area contributed by atoms with Crippen LogP contribution < -0.4 is 0 Å². The lowest BCUT2D eigenvalue weighted by Crippen LogP contribution is -2.22. The molecule has 1 fully saturated rings. The van der Waals surface area contributed by atoms with Gasteiger partial charge in [0.05, 0.1) is 12.5 Å². The molecule has 0 radical (unpaired) electrons. The van der Waals surface area contributed by atoms with Crippen LogP contribution in [0.3, 0.4) is 0 Å². The van der Waals surface area contributed by atoms with Gasteiger partial charge in [-0.15, -0.1) is 12.4 Å². The number of rotatable bonds is 6. The molecule has 0 saturated carbocycles. The molecule has 1 aromatic heterocycles. The van der Waals surface area contributed by atoms with E-state index in [4.69, 9.17) is 9.63 Å². The lowest BCUT2D eigenvalue weighted by Gasteiger charge is -2.11. The number of nitrogens with zero attached hydrogens (tertiary/aromatic N) is 3. The molecule has 0 amide bonds. The average molecular weight is 304 g/mol. The molecule has 0 aliphatic carbocycles. The maximum atomic E-state index is 10.9. The number of aliphatic carboxylic acids is 1. The third kappa shape index (κ3) is 4.76. The number of hydrogen-bond donors (Lipinski definition) is 1. The maximum absolute atomic E-state index is 10.9. The molecule has 0 spiro atoms. The highest BCUT2D eigenvalue weighted by atomic mass is 35.5. The molecule has 0 aromatic carbocycles. The van der Waals surface area contributed by atoms with Gasteiger partial charge in [0.2, 0.25) is 5.89 Å². The molecule has 1 saturated heterocycles. The largest absolute Gasteiger partial charge is 0.481 e. The Bertz CT molecular complexity index is 436. The van der Waals surface area contributed by atoms with E-state index in [2.05, 4.69) is 28.9 Å². The second-order valence-corrected chi connectivity index (χ2v) is 5.60. The molecular formula is C13H22ClN3O3.